The minimum Gasteiger partial charge on any atom is -0.506 e. The summed E-state index contributed by atoms with van der Waals surface area (Å²) in [6.45, 7) is 3.65. The number of phenols is 1. The van der Waals surface area contributed by atoms with Crippen molar-refractivity contribution in [2.24, 2.45) is 0 Å². The van der Waals surface area contributed by atoms with E-state index >= 15 is 0 Å². The maximum atomic E-state index is 13.6. The molecular weight excluding hydrogens is 309 g/mol. The largest absolute Gasteiger partial charge is 0.506 e. The van der Waals surface area contributed by atoms with Crippen molar-refractivity contribution in [3.05, 3.63) is 52.3 Å². The van der Waals surface area contributed by atoms with Crippen LogP contribution in [0.4, 0.5) is 10.1 Å². The minimum atomic E-state index is -0.776. The van der Waals surface area contributed by atoms with Crippen LogP contribution >= 0.6 is 11.6 Å². The third-order valence-electron chi connectivity index (χ3n) is 3.16. The average molecular weight is 324 g/mol. The van der Waals surface area contributed by atoms with Gasteiger partial charge in [-0.1, -0.05) is 17.7 Å². The number of halogens is 2. The van der Waals surface area contributed by atoms with Crippen molar-refractivity contribution in [1.29, 1.82) is 0 Å². The number of carbonyl (C=O) groups is 1. The van der Waals surface area contributed by atoms with Gasteiger partial charge in [0.15, 0.2) is 6.61 Å². The van der Waals surface area contributed by atoms with E-state index in [-0.39, 0.29) is 23.1 Å². The number of ether oxygens (including phenoxy) is 1. The van der Waals surface area contributed by atoms with Gasteiger partial charge in [0, 0.05) is 6.07 Å². The first-order valence-corrected chi connectivity index (χ1v) is 6.92. The Bertz CT molecular complexity index is 719. The molecule has 116 valence electrons. The molecule has 0 aliphatic carbocycles. The van der Waals surface area contributed by atoms with Crippen LogP contribution in [0.2, 0.25) is 5.02 Å². The lowest BCUT2D eigenvalue weighted by Crippen LogP contribution is -2.20. The van der Waals surface area contributed by atoms with Crippen molar-refractivity contribution in [3.63, 3.8) is 0 Å². The average Bonchev–Trinajstić information content (AvgIpc) is 2.46. The molecule has 0 bridgehead atoms. The summed E-state index contributed by atoms with van der Waals surface area (Å²) < 4.78 is 18.9. The highest BCUT2D eigenvalue weighted by atomic mass is 35.5. The molecule has 0 spiro atoms. The minimum absolute atomic E-state index is 0.0493. The van der Waals surface area contributed by atoms with Gasteiger partial charge in [-0.05, 0) is 43.2 Å². The van der Waals surface area contributed by atoms with Gasteiger partial charge >= 0.3 is 0 Å². The molecule has 0 saturated carbocycles. The van der Waals surface area contributed by atoms with Gasteiger partial charge < -0.3 is 15.2 Å². The molecule has 6 heteroatoms. The second-order valence-corrected chi connectivity index (χ2v) is 5.27. The molecule has 0 aliphatic heterocycles. The van der Waals surface area contributed by atoms with Gasteiger partial charge in [-0.25, -0.2) is 4.39 Å². The maximum absolute atomic E-state index is 13.6. The molecule has 2 aromatic rings. The monoisotopic (exact) mass is 323 g/mol. The summed E-state index contributed by atoms with van der Waals surface area (Å²) in [5.74, 6) is -1.13. The molecule has 22 heavy (non-hydrogen) atoms. The fraction of sp³-hybridized carbons (Fsp3) is 0.188. The van der Waals surface area contributed by atoms with E-state index in [1.807, 2.05) is 26.0 Å². The quantitative estimate of drug-likeness (QED) is 0.841. The lowest BCUT2D eigenvalue weighted by atomic mass is 10.1. The molecule has 2 N–H and O–H groups in total. The maximum Gasteiger partial charge on any atom is 0.262 e. The molecule has 0 saturated heterocycles. The molecule has 0 aliphatic rings. The first kappa shape index (κ1) is 16.1. The lowest BCUT2D eigenvalue weighted by molar-refractivity contribution is -0.118. The zero-order valence-corrected chi connectivity index (χ0v) is 12.9. The van der Waals surface area contributed by atoms with E-state index in [2.05, 4.69) is 5.32 Å². The van der Waals surface area contributed by atoms with Gasteiger partial charge in [0.05, 0.1) is 10.7 Å². The molecule has 2 rings (SSSR count). The van der Waals surface area contributed by atoms with Crippen molar-refractivity contribution in [1.82, 2.24) is 0 Å². The number of aryl methyl sites for hydroxylation is 2. The standard InChI is InChI=1S/C16H15ClFNO3/c1-9-3-4-11(5-10(9)2)22-8-16(21)19-14-6-12(17)15(20)7-13(14)18/h3-7,20H,8H2,1-2H3,(H,19,21). The zero-order chi connectivity index (χ0) is 16.3. The van der Waals surface area contributed by atoms with Gasteiger partial charge in [0.1, 0.15) is 17.3 Å². The molecule has 0 radical (unpaired) electrons. The Kier molecular flexibility index (Phi) is 4.88. The van der Waals surface area contributed by atoms with Crippen molar-refractivity contribution in [2.45, 2.75) is 13.8 Å². The fourth-order valence-electron chi connectivity index (χ4n) is 1.77. The van der Waals surface area contributed by atoms with E-state index in [0.717, 1.165) is 23.3 Å². The Hall–Kier alpha value is -2.27. The second-order valence-electron chi connectivity index (χ2n) is 4.87. The van der Waals surface area contributed by atoms with Crippen LogP contribution in [-0.2, 0) is 4.79 Å². The highest BCUT2D eigenvalue weighted by Crippen LogP contribution is 2.29. The van der Waals surface area contributed by atoms with Crippen molar-refractivity contribution >= 4 is 23.2 Å². The van der Waals surface area contributed by atoms with E-state index < -0.39 is 11.7 Å². The summed E-state index contributed by atoms with van der Waals surface area (Å²) in [4.78, 5) is 11.8. The third kappa shape index (κ3) is 3.89. The summed E-state index contributed by atoms with van der Waals surface area (Å²) in [6, 6.07) is 7.44. The van der Waals surface area contributed by atoms with Gasteiger partial charge in [-0.2, -0.15) is 0 Å². The van der Waals surface area contributed by atoms with Crippen molar-refractivity contribution < 1.29 is 19.0 Å². The number of carbonyl (C=O) groups excluding carboxylic acids is 1. The molecule has 1 amide bonds. The molecule has 0 atom stereocenters. The van der Waals surface area contributed by atoms with Crippen LogP contribution < -0.4 is 10.1 Å². The fourth-order valence-corrected chi connectivity index (χ4v) is 1.93. The number of aromatic hydroxyl groups is 1. The highest BCUT2D eigenvalue weighted by Gasteiger charge is 2.11. The molecule has 0 unspecified atom stereocenters. The Morgan fingerprint density at radius 1 is 1.27 bits per heavy atom. The van der Waals surface area contributed by atoms with E-state index in [4.69, 9.17) is 16.3 Å². The molecule has 4 nitrogen and oxygen atoms in total. The number of rotatable bonds is 4. The normalized spacial score (nSPS) is 10.4. The smallest absolute Gasteiger partial charge is 0.262 e. The van der Waals surface area contributed by atoms with Gasteiger partial charge in [-0.3, -0.25) is 4.79 Å². The van der Waals surface area contributed by atoms with Crippen LogP contribution in [0.25, 0.3) is 0 Å². The number of amides is 1. The SMILES string of the molecule is Cc1ccc(OCC(=O)Nc2cc(Cl)c(O)cc2F)cc1C. The molecule has 0 fully saturated rings. The summed E-state index contributed by atoms with van der Waals surface area (Å²) >= 11 is 5.68. The summed E-state index contributed by atoms with van der Waals surface area (Å²) in [5, 5.41) is 11.5. The van der Waals surface area contributed by atoms with Crippen molar-refractivity contribution in [3.8, 4) is 11.5 Å². The Balaban J connectivity index is 1.98. The summed E-state index contributed by atoms with van der Waals surface area (Å²) in [5.41, 5.74) is 2.06. The molecule has 0 heterocycles. The van der Waals surface area contributed by atoms with E-state index in [0.29, 0.717) is 5.75 Å². The van der Waals surface area contributed by atoms with Crippen LogP contribution in [0.1, 0.15) is 11.1 Å². The summed E-state index contributed by atoms with van der Waals surface area (Å²) in [7, 11) is 0. The molecule has 2 aromatic carbocycles. The number of nitrogens with one attached hydrogen (secondary N) is 1. The van der Waals surface area contributed by atoms with Crippen LogP contribution in [-0.4, -0.2) is 17.6 Å². The topological polar surface area (TPSA) is 58.6 Å². The zero-order valence-electron chi connectivity index (χ0n) is 12.1. The van der Waals surface area contributed by atoms with Crippen LogP contribution in [0.5, 0.6) is 11.5 Å². The number of hydrogen-bond acceptors (Lipinski definition) is 3. The highest BCUT2D eigenvalue weighted by molar-refractivity contribution is 6.32. The Morgan fingerprint density at radius 3 is 2.68 bits per heavy atom. The van der Waals surface area contributed by atoms with E-state index in [1.165, 1.54) is 0 Å². The van der Waals surface area contributed by atoms with Gasteiger partial charge in [-0.15, -0.1) is 0 Å². The van der Waals surface area contributed by atoms with E-state index in [1.54, 1.807) is 6.07 Å². The van der Waals surface area contributed by atoms with Crippen LogP contribution in [0.15, 0.2) is 30.3 Å². The number of phenolic OH excluding ortho intramolecular Hbond substituents is 1. The lowest BCUT2D eigenvalue weighted by Gasteiger charge is -2.10. The Morgan fingerprint density at radius 2 is 2.00 bits per heavy atom. The van der Waals surface area contributed by atoms with Crippen molar-refractivity contribution in [2.75, 3.05) is 11.9 Å². The van der Waals surface area contributed by atoms with Gasteiger partial charge in [0.25, 0.3) is 5.91 Å². The number of hydrogen-bond donors (Lipinski definition) is 2. The predicted octanol–water partition coefficient (Wildman–Crippen LogP) is 3.82. The first-order chi connectivity index (χ1) is 10.4. The number of anilines is 1. The van der Waals surface area contributed by atoms with E-state index in [9.17, 15) is 14.3 Å². The summed E-state index contributed by atoms with van der Waals surface area (Å²) in [6.07, 6.45) is 0. The Labute approximate surface area is 132 Å². The molecule has 0 aromatic heterocycles. The van der Waals surface area contributed by atoms with Crippen LogP contribution in [0, 0.1) is 19.7 Å². The predicted molar refractivity (Wildman–Crippen MR) is 83.1 cm³/mol. The third-order valence-corrected chi connectivity index (χ3v) is 3.46. The molecular formula is C16H15ClFNO3. The second kappa shape index (κ2) is 6.66. The number of benzene rings is 2. The first-order valence-electron chi connectivity index (χ1n) is 6.54. The van der Waals surface area contributed by atoms with Crippen LogP contribution in [0.3, 0.4) is 0 Å². The van der Waals surface area contributed by atoms with Gasteiger partial charge in [0.2, 0.25) is 0 Å².